The number of ketones is 1. The maximum atomic E-state index is 13.1. The SMILES string of the molecule is CC(C#N)C(=O)c1ccc(F)c(F)c1F. The number of hydrogen-bond donors (Lipinski definition) is 0. The lowest BCUT2D eigenvalue weighted by Crippen LogP contribution is -2.12. The molecule has 0 saturated carbocycles. The van der Waals surface area contributed by atoms with Gasteiger partial charge >= 0.3 is 0 Å². The van der Waals surface area contributed by atoms with Crippen LogP contribution in [0.4, 0.5) is 13.2 Å². The van der Waals surface area contributed by atoms with Crippen molar-refractivity contribution in [1.29, 1.82) is 5.26 Å². The van der Waals surface area contributed by atoms with E-state index in [4.69, 9.17) is 5.26 Å². The van der Waals surface area contributed by atoms with Crippen molar-refractivity contribution in [3.05, 3.63) is 35.1 Å². The van der Waals surface area contributed by atoms with Crippen LogP contribution in [0.2, 0.25) is 0 Å². The average Bonchev–Trinajstić information content (AvgIpc) is 2.24. The molecule has 0 fully saturated rings. The lowest BCUT2D eigenvalue weighted by Gasteiger charge is -2.04. The fourth-order valence-electron chi connectivity index (χ4n) is 1.01. The van der Waals surface area contributed by atoms with Gasteiger partial charge in [0, 0.05) is 0 Å². The Kier molecular flexibility index (Phi) is 3.10. The Bertz CT molecular complexity index is 451. The normalized spacial score (nSPS) is 11.9. The zero-order chi connectivity index (χ0) is 11.6. The molecule has 0 N–H and O–H groups in total. The molecule has 1 unspecified atom stereocenters. The number of hydrogen-bond acceptors (Lipinski definition) is 2. The third-order valence-electron chi connectivity index (χ3n) is 1.89. The quantitative estimate of drug-likeness (QED) is 0.559. The van der Waals surface area contributed by atoms with Gasteiger partial charge in [-0.05, 0) is 19.1 Å². The highest BCUT2D eigenvalue weighted by molar-refractivity contribution is 5.99. The topological polar surface area (TPSA) is 40.9 Å². The molecule has 0 bridgehead atoms. The Hall–Kier alpha value is -1.83. The number of nitriles is 1. The zero-order valence-electron chi connectivity index (χ0n) is 7.72. The standard InChI is InChI=1S/C10H6F3NO/c1-5(4-14)10(15)6-2-3-7(11)9(13)8(6)12/h2-3,5H,1H3. The summed E-state index contributed by atoms with van der Waals surface area (Å²) in [5.41, 5.74) is -0.608. The summed E-state index contributed by atoms with van der Waals surface area (Å²) >= 11 is 0. The molecule has 15 heavy (non-hydrogen) atoms. The van der Waals surface area contributed by atoms with Crippen molar-refractivity contribution in [1.82, 2.24) is 0 Å². The van der Waals surface area contributed by atoms with Gasteiger partial charge in [-0.15, -0.1) is 0 Å². The molecule has 0 amide bonds. The molecule has 0 aliphatic heterocycles. The first-order valence-corrected chi connectivity index (χ1v) is 4.06. The van der Waals surface area contributed by atoms with Crippen LogP contribution in [0.1, 0.15) is 17.3 Å². The number of benzene rings is 1. The van der Waals surface area contributed by atoms with Gasteiger partial charge in [0.15, 0.2) is 23.2 Å². The molecule has 0 radical (unpaired) electrons. The summed E-state index contributed by atoms with van der Waals surface area (Å²) in [4.78, 5) is 11.3. The molecule has 0 aliphatic rings. The second-order valence-electron chi connectivity index (χ2n) is 2.94. The van der Waals surface area contributed by atoms with Crippen LogP contribution in [-0.4, -0.2) is 5.78 Å². The van der Waals surface area contributed by atoms with Crippen LogP contribution in [0.25, 0.3) is 0 Å². The lowest BCUT2D eigenvalue weighted by molar-refractivity contribution is 0.0951. The van der Waals surface area contributed by atoms with Gasteiger partial charge in [0.2, 0.25) is 0 Å². The fourth-order valence-corrected chi connectivity index (χ4v) is 1.01. The molecule has 78 valence electrons. The second-order valence-corrected chi connectivity index (χ2v) is 2.94. The monoisotopic (exact) mass is 213 g/mol. The van der Waals surface area contributed by atoms with Crippen molar-refractivity contribution in [3.8, 4) is 6.07 Å². The highest BCUT2D eigenvalue weighted by Gasteiger charge is 2.22. The van der Waals surface area contributed by atoms with Gasteiger partial charge in [-0.25, -0.2) is 13.2 Å². The van der Waals surface area contributed by atoms with Crippen LogP contribution in [-0.2, 0) is 0 Å². The minimum absolute atomic E-state index is 0.608. The number of carbonyl (C=O) groups is 1. The predicted octanol–water partition coefficient (Wildman–Crippen LogP) is 2.45. The Morgan fingerprint density at radius 2 is 1.93 bits per heavy atom. The summed E-state index contributed by atoms with van der Waals surface area (Å²) in [5, 5.41) is 8.42. The van der Waals surface area contributed by atoms with Crippen LogP contribution < -0.4 is 0 Å². The minimum atomic E-state index is -1.70. The molecule has 0 spiro atoms. The summed E-state index contributed by atoms with van der Waals surface area (Å²) < 4.78 is 38.3. The van der Waals surface area contributed by atoms with E-state index in [1.807, 2.05) is 0 Å². The molecule has 1 aromatic rings. The maximum Gasteiger partial charge on any atom is 0.195 e. The largest absolute Gasteiger partial charge is 0.293 e. The van der Waals surface area contributed by atoms with Gasteiger partial charge in [-0.2, -0.15) is 5.26 Å². The maximum absolute atomic E-state index is 13.1. The molecule has 5 heteroatoms. The van der Waals surface area contributed by atoms with E-state index < -0.39 is 34.7 Å². The van der Waals surface area contributed by atoms with Gasteiger partial charge in [0.1, 0.15) is 5.92 Å². The molecule has 1 aromatic carbocycles. The van der Waals surface area contributed by atoms with Crippen molar-refractivity contribution in [2.75, 3.05) is 0 Å². The fraction of sp³-hybridized carbons (Fsp3) is 0.200. The molecule has 1 rings (SSSR count). The smallest absolute Gasteiger partial charge is 0.195 e. The third-order valence-corrected chi connectivity index (χ3v) is 1.89. The van der Waals surface area contributed by atoms with Gasteiger partial charge < -0.3 is 0 Å². The van der Waals surface area contributed by atoms with Crippen molar-refractivity contribution < 1.29 is 18.0 Å². The summed E-state index contributed by atoms with van der Waals surface area (Å²) in [6.45, 7) is 1.25. The van der Waals surface area contributed by atoms with E-state index in [9.17, 15) is 18.0 Å². The molecule has 0 saturated heterocycles. The molecule has 0 aromatic heterocycles. The van der Waals surface area contributed by atoms with Gasteiger partial charge in [0.05, 0.1) is 11.6 Å². The number of halogens is 3. The molecule has 2 nitrogen and oxygen atoms in total. The molecule has 0 aliphatic carbocycles. The van der Waals surface area contributed by atoms with Gasteiger partial charge in [0.25, 0.3) is 0 Å². The van der Waals surface area contributed by atoms with Crippen LogP contribution in [0.3, 0.4) is 0 Å². The van der Waals surface area contributed by atoms with Crippen molar-refractivity contribution in [2.24, 2.45) is 5.92 Å². The van der Waals surface area contributed by atoms with E-state index in [0.29, 0.717) is 6.07 Å². The molecule has 0 heterocycles. The average molecular weight is 213 g/mol. The highest BCUT2D eigenvalue weighted by atomic mass is 19.2. The first-order valence-electron chi connectivity index (χ1n) is 4.06. The van der Waals surface area contributed by atoms with E-state index in [1.54, 1.807) is 6.07 Å². The number of carbonyl (C=O) groups excluding carboxylic acids is 1. The Labute approximate surface area is 83.9 Å². The summed E-state index contributed by atoms with van der Waals surface area (Å²) in [7, 11) is 0. The van der Waals surface area contributed by atoms with Crippen LogP contribution in [0.15, 0.2) is 12.1 Å². The Balaban J connectivity index is 3.24. The van der Waals surface area contributed by atoms with E-state index in [0.717, 1.165) is 6.07 Å². The highest BCUT2D eigenvalue weighted by Crippen LogP contribution is 2.18. The van der Waals surface area contributed by atoms with Crippen LogP contribution in [0, 0.1) is 34.7 Å². The van der Waals surface area contributed by atoms with Crippen LogP contribution >= 0.6 is 0 Å². The summed E-state index contributed by atoms with van der Waals surface area (Å²) in [5.74, 6) is -6.58. The molecular weight excluding hydrogens is 207 g/mol. The lowest BCUT2D eigenvalue weighted by atomic mass is 10.00. The number of Topliss-reactive ketones (excluding diaryl/α,β-unsaturated/α-hetero) is 1. The van der Waals surface area contributed by atoms with Crippen molar-refractivity contribution in [3.63, 3.8) is 0 Å². The van der Waals surface area contributed by atoms with Gasteiger partial charge in [-0.1, -0.05) is 0 Å². The second kappa shape index (κ2) is 4.13. The minimum Gasteiger partial charge on any atom is -0.293 e. The van der Waals surface area contributed by atoms with E-state index in [1.165, 1.54) is 6.92 Å². The Morgan fingerprint density at radius 3 is 2.47 bits per heavy atom. The van der Waals surface area contributed by atoms with Crippen LogP contribution in [0.5, 0.6) is 0 Å². The predicted molar refractivity (Wildman–Crippen MR) is 45.4 cm³/mol. The van der Waals surface area contributed by atoms with E-state index in [-0.39, 0.29) is 0 Å². The third kappa shape index (κ3) is 1.99. The Morgan fingerprint density at radius 1 is 1.33 bits per heavy atom. The van der Waals surface area contributed by atoms with Crippen molar-refractivity contribution >= 4 is 5.78 Å². The zero-order valence-corrected chi connectivity index (χ0v) is 7.72. The number of nitrogens with zero attached hydrogens (tertiary/aromatic N) is 1. The van der Waals surface area contributed by atoms with E-state index in [2.05, 4.69) is 0 Å². The first kappa shape index (κ1) is 11.2. The van der Waals surface area contributed by atoms with Gasteiger partial charge in [-0.3, -0.25) is 4.79 Å². The first-order chi connectivity index (χ1) is 6.99. The summed E-state index contributed by atoms with van der Waals surface area (Å²) in [6.07, 6.45) is 0. The van der Waals surface area contributed by atoms with E-state index >= 15 is 0 Å². The molecule has 1 atom stereocenters. The molecular formula is C10H6F3NO. The summed E-state index contributed by atoms with van der Waals surface area (Å²) in [6, 6.07) is 3.06. The van der Waals surface area contributed by atoms with Crippen molar-refractivity contribution in [2.45, 2.75) is 6.92 Å². The number of rotatable bonds is 2.